The summed E-state index contributed by atoms with van der Waals surface area (Å²) in [6.07, 6.45) is -4.35. The molecule has 0 radical (unpaired) electrons. The van der Waals surface area contributed by atoms with E-state index < -0.39 is 17.7 Å². The predicted molar refractivity (Wildman–Crippen MR) is 50.5 cm³/mol. The lowest BCUT2D eigenvalue weighted by Crippen LogP contribution is -2.08. The Kier molecular flexibility index (Phi) is 3.17. The molecule has 1 rings (SSSR count). The molecule has 0 aliphatic rings. The monoisotopic (exact) mass is 216 g/mol. The van der Waals surface area contributed by atoms with Gasteiger partial charge in [0.05, 0.1) is 5.56 Å². The molecule has 0 fully saturated rings. The second kappa shape index (κ2) is 4.04. The predicted octanol–water partition coefficient (Wildman–Crippen LogP) is 3.40. The summed E-state index contributed by atoms with van der Waals surface area (Å²) in [7, 11) is 0. The zero-order valence-electron chi connectivity index (χ0n) is 8.43. The smallest absolute Gasteiger partial charge is 0.299 e. The molecule has 0 aliphatic carbocycles. The van der Waals surface area contributed by atoms with E-state index in [2.05, 4.69) is 0 Å². The summed E-state index contributed by atoms with van der Waals surface area (Å²) < 4.78 is 37.0. The maximum absolute atomic E-state index is 12.3. The highest BCUT2D eigenvalue weighted by molar-refractivity contribution is 5.82. The molecule has 0 aromatic heterocycles. The third-order valence-corrected chi connectivity index (χ3v) is 2.32. The molecule has 1 aromatic rings. The molecule has 15 heavy (non-hydrogen) atoms. The summed E-state index contributed by atoms with van der Waals surface area (Å²) in [5.74, 6) is -0.637. The summed E-state index contributed by atoms with van der Waals surface area (Å²) in [6, 6.07) is 4.86. The van der Waals surface area contributed by atoms with Gasteiger partial charge >= 0.3 is 6.18 Å². The van der Waals surface area contributed by atoms with E-state index in [-0.39, 0.29) is 5.78 Å². The molecule has 1 atom stereocenters. The van der Waals surface area contributed by atoms with Gasteiger partial charge in [-0.2, -0.15) is 13.2 Å². The fraction of sp³-hybridized carbons (Fsp3) is 0.364. The van der Waals surface area contributed by atoms with Crippen LogP contribution >= 0.6 is 0 Å². The summed E-state index contributed by atoms with van der Waals surface area (Å²) in [5.41, 5.74) is -0.314. The highest BCUT2D eigenvalue weighted by atomic mass is 19.4. The van der Waals surface area contributed by atoms with E-state index in [0.717, 1.165) is 12.1 Å². The second-order valence-corrected chi connectivity index (χ2v) is 3.46. The van der Waals surface area contributed by atoms with E-state index >= 15 is 0 Å². The Morgan fingerprint density at radius 2 is 1.93 bits per heavy atom. The van der Waals surface area contributed by atoms with Gasteiger partial charge < -0.3 is 0 Å². The summed E-state index contributed by atoms with van der Waals surface area (Å²) in [6.45, 7) is 2.96. The maximum Gasteiger partial charge on any atom is 0.416 e. The first-order chi connectivity index (χ1) is 6.82. The van der Waals surface area contributed by atoms with Crippen molar-refractivity contribution in [2.24, 2.45) is 0 Å². The lowest BCUT2D eigenvalue weighted by atomic mass is 9.96. The normalized spacial score (nSPS) is 13.7. The van der Waals surface area contributed by atoms with Crippen molar-refractivity contribution in [1.29, 1.82) is 0 Å². The summed E-state index contributed by atoms with van der Waals surface area (Å²) in [4.78, 5) is 11.0. The number of Topliss-reactive ketones (excluding diaryl/α,β-unsaturated/α-hetero) is 1. The molecular formula is C11H11F3O. The second-order valence-electron chi connectivity index (χ2n) is 3.46. The molecule has 0 saturated heterocycles. The van der Waals surface area contributed by atoms with Crippen LogP contribution in [0.1, 0.15) is 30.9 Å². The van der Waals surface area contributed by atoms with Crippen molar-refractivity contribution < 1.29 is 18.0 Å². The maximum atomic E-state index is 12.3. The molecule has 0 amide bonds. The number of halogens is 3. The highest BCUT2D eigenvalue weighted by Gasteiger charge is 2.30. The van der Waals surface area contributed by atoms with E-state index in [4.69, 9.17) is 0 Å². The molecule has 82 valence electrons. The zero-order valence-corrected chi connectivity index (χ0v) is 8.43. The van der Waals surface area contributed by atoms with Crippen LogP contribution in [0.2, 0.25) is 0 Å². The Morgan fingerprint density at radius 3 is 2.40 bits per heavy atom. The molecule has 0 aliphatic heterocycles. The van der Waals surface area contributed by atoms with Gasteiger partial charge in [-0.3, -0.25) is 4.79 Å². The molecule has 0 N–H and O–H groups in total. The number of ketones is 1. The van der Waals surface area contributed by atoms with Crippen molar-refractivity contribution in [3.8, 4) is 0 Å². The number of benzene rings is 1. The Hall–Kier alpha value is -1.32. The molecule has 0 saturated carbocycles. The van der Waals surface area contributed by atoms with Gasteiger partial charge in [-0.25, -0.2) is 0 Å². The third kappa shape index (κ3) is 2.81. The van der Waals surface area contributed by atoms with E-state index in [0.29, 0.717) is 5.56 Å². The molecule has 4 heteroatoms. The zero-order chi connectivity index (χ0) is 11.6. The standard InChI is InChI=1S/C11H11F3O/c1-7(8(2)15)9-4-3-5-10(6-9)11(12,13)14/h3-7H,1-2H3. The van der Waals surface area contributed by atoms with Crippen LogP contribution in [0.15, 0.2) is 24.3 Å². The third-order valence-electron chi connectivity index (χ3n) is 2.32. The van der Waals surface area contributed by atoms with Crippen LogP contribution in [0, 0.1) is 0 Å². The number of carbonyl (C=O) groups is 1. The first-order valence-electron chi connectivity index (χ1n) is 4.50. The van der Waals surface area contributed by atoms with Crippen LogP contribution in [-0.4, -0.2) is 5.78 Å². The molecule has 0 bridgehead atoms. The quantitative estimate of drug-likeness (QED) is 0.740. The topological polar surface area (TPSA) is 17.1 Å². The van der Waals surface area contributed by atoms with Gasteiger partial charge in [0.2, 0.25) is 0 Å². The first-order valence-corrected chi connectivity index (χ1v) is 4.50. The summed E-state index contributed by atoms with van der Waals surface area (Å²) in [5, 5.41) is 0. The van der Waals surface area contributed by atoms with Gasteiger partial charge in [0.15, 0.2) is 0 Å². The minimum atomic E-state index is -4.35. The number of hydrogen-bond acceptors (Lipinski definition) is 1. The largest absolute Gasteiger partial charge is 0.416 e. The number of alkyl halides is 3. The Morgan fingerprint density at radius 1 is 1.33 bits per heavy atom. The van der Waals surface area contributed by atoms with Crippen LogP contribution in [-0.2, 0) is 11.0 Å². The minimum absolute atomic E-state index is 0.144. The molecule has 1 nitrogen and oxygen atoms in total. The van der Waals surface area contributed by atoms with E-state index in [9.17, 15) is 18.0 Å². The molecule has 0 heterocycles. The van der Waals surface area contributed by atoms with Crippen molar-refractivity contribution in [2.75, 3.05) is 0 Å². The molecular weight excluding hydrogens is 205 g/mol. The van der Waals surface area contributed by atoms with Crippen molar-refractivity contribution >= 4 is 5.78 Å². The molecule has 0 spiro atoms. The van der Waals surface area contributed by atoms with Crippen LogP contribution in [0.4, 0.5) is 13.2 Å². The Labute approximate surface area is 85.9 Å². The van der Waals surface area contributed by atoms with Gasteiger partial charge in [0.25, 0.3) is 0 Å². The first kappa shape index (κ1) is 11.8. The highest BCUT2D eigenvalue weighted by Crippen LogP contribution is 2.31. The fourth-order valence-electron chi connectivity index (χ4n) is 1.22. The summed E-state index contributed by atoms with van der Waals surface area (Å²) >= 11 is 0. The average molecular weight is 216 g/mol. The minimum Gasteiger partial charge on any atom is -0.299 e. The van der Waals surface area contributed by atoms with Gasteiger partial charge in [-0.1, -0.05) is 25.1 Å². The fourth-order valence-corrected chi connectivity index (χ4v) is 1.22. The lowest BCUT2D eigenvalue weighted by molar-refractivity contribution is -0.137. The van der Waals surface area contributed by atoms with Crippen LogP contribution in [0.5, 0.6) is 0 Å². The van der Waals surface area contributed by atoms with Crippen LogP contribution < -0.4 is 0 Å². The van der Waals surface area contributed by atoms with Gasteiger partial charge in [0.1, 0.15) is 5.78 Å². The lowest BCUT2D eigenvalue weighted by Gasteiger charge is -2.11. The Bertz CT molecular complexity index is 368. The van der Waals surface area contributed by atoms with Crippen molar-refractivity contribution in [1.82, 2.24) is 0 Å². The number of hydrogen-bond donors (Lipinski definition) is 0. The molecule has 1 unspecified atom stereocenters. The van der Waals surface area contributed by atoms with Gasteiger partial charge in [-0.15, -0.1) is 0 Å². The van der Waals surface area contributed by atoms with Crippen molar-refractivity contribution in [2.45, 2.75) is 25.9 Å². The molecule has 1 aromatic carbocycles. The van der Waals surface area contributed by atoms with E-state index in [1.807, 2.05) is 0 Å². The van der Waals surface area contributed by atoms with Crippen LogP contribution in [0.25, 0.3) is 0 Å². The number of carbonyl (C=O) groups excluding carboxylic acids is 1. The van der Waals surface area contributed by atoms with E-state index in [1.54, 1.807) is 6.92 Å². The van der Waals surface area contributed by atoms with Gasteiger partial charge in [0, 0.05) is 5.92 Å². The SMILES string of the molecule is CC(=O)C(C)c1cccc(C(F)(F)F)c1. The van der Waals surface area contributed by atoms with Crippen LogP contribution in [0.3, 0.4) is 0 Å². The van der Waals surface area contributed by atoms with E-state index in [1.165, 1.54) is 19.1 Å². The van der Waals surface area contributed by atoms with Gasteiger partial charge in [-0.05, 0) is 18.6 Å². The Balaban J connectivity index is 3.08. The van der Waals surface area contributed by atoms with Crippen molar-refractivity contribution in [3.05, 3.63) is 35.4 Å². The number of rotatable bonds is 2. The van der Waals surface area contributed by atoms with Crippen molar-refractivity contribution in [3.63, 3.8) is 0 Å². The average Bonchev–Trinajstić information content (AvgIpc) is 2.15.